The topological polar surface area (TPSA) is 77.5 Å². The van der Waals surface area contributed by atoms with Crippen molar-refractivity contribution >= 4 is 49.3 Å². The summed E-state index contributed by atoms with van der Waals surface area (Å²) in [6.45, 7) is 1.62. The van der Waals surface area contributed by atoms with Gasteiger partial charge < -0.3 is 9.80 Å². The van der Waals surface area contributed by atoms with Crippen molar-refractivity contribution in [2.75, 3.05) is 39.1 Å². The molecule has 3 aromatic heterocycles. The predicted molar refractivity (Wildman–Crippen MR) is 132 cm³/mol. The van der Waals surface area contributed by atoms with Crippen molar-refractivity contribution in [2.45, 2.75) is 9.24 Å². The van der Waals surface area contributed by atoms with Crippen LogP contribution in [0.25, 0.3) is 16.8 Å². The summed E-state index contributed by atoms with van der Waals surface area (Å²) >= 11 is 4.84. The van der Waals surface area contributed by atoms with E-state index < -0.39 is 10.8 Å². The van der Waals surface area contributed by atoms with Crippen molar-refractivity contribution in [1.82, 2.24) is 19.5 Å². The Morgan fingerprint density at radius 3 is 2.78 bits per heavy atom. The Morgan fingerprint density at radius 2 is 2.03 bits per heavy atom. The van der Waals surface area contributed by atoms with Crippen LogP contribution >= 0.6 is 27.3 Å². The van der Waals surface area contributed by atoms with Gasteiger partial charge in [0.15, 0.2) is 4.34 Å². The number of pyridine rings is 1. The summed E-state index contributed by atoms with van der Waals surface area (Å²) in [6, 6.07) is 11.4. The number of halogens is 1. The van der Waals surface area contributed by atoms with Crippen molar-refractivity contribution < 1.29 is 4.21 Å². The van der Waals surface area contributed by atoms with Gasteiger partial charge in [0.2, 0.25) is 0 Å². The van der Waals surface area contributed by atoms with E-state index in [1.165, 1.54) is 11.3 Å². The summed E-state index contributed by atoms with van der Waals surface area (Å²) < 4.78 is 16.8. The SMILES string of the molecule is CN(C)CCN(C)c1ccc(C#N)cc1S(=O)c1nc(-c2cnn3ccc(Br)cc23)cs1. The lowest BCUT2D eigenvalue weighted by Crippen LogP contribution is -2.29. The molecule has 3 heterocycles. The summed E-state index contributed by atoms with van der Waals surface area (Å²) in [7, 11) is 4.48. The van der Waals surface area contributed by atoms with Crippen LogP contribution in [0.15, 0.2) is 61.8 Å². The van der Waals surface area contributed by atoms with Gasteiger partial charge in [0.05, 0.1) is 39.6 Å². The summed E-state index contributed by atoms with van der Waals surface area (Å²) in [4.78, 5) is 9.43. The molecule has 0 amide bonds. The molecule has 4 rings (SSSR count). The van der Waals surface area contributed by atoms with Gasteiger partial charge in [-0.05, 0) is 44.4 Å². The van der Waals surface area contributed by atoms with Crippen LogP contribution in [0.5, 0.6) is 0 Å². The average molecular weight is 529 g/mol. The molecule has 0 aliphatic carbocycles. The zero-order valence-corrected chi connectivity index (χ0v) is 21.0. The lowest BCUT2D eigenvalue weighted by Gasteiger charge is -2.23. The van der Waals surface area contributed by atoms with Gasteiger partial charge in [-0.3, -0.25) is 0 Å². The monoisotopic (exact) mass is 528 g/mol. The molecule has 164 valence electrons. The first kappa shape index (κ1) is 22.6. The van der Waals surface area contributed by atoms with E-state index in [4.69, 9.17) is 0 Å². The second kappa shape index (κ2) is 9.50. The van der Waals surface area contributed by atoms with Gasteiger partial charge in [0.25, 0.3) is 0 Å². The molecule has 0 bridgehead atoms. The minimum Gasteiger partial charge on any atom is -0.372 e. The molecule has 0 aliphatic rings. The maximum atomic E-state index is 13.6. The highest BCUT2D eigenvalue weighted by Gasteiger charge is 2.20. The Kier molecular flexibility index (Phi) is 6.71. The quantitative estimate of drug-likeness (QED) is 0.356. The van der Waals surface area contributed by atoms with Crippen molar-refractivity contribution in [2.24, 2.45) is 0 Å². The maximum absolute atomic E-state index is 13.6. The zero-order valence-electron chi connectivity index (χ0n) is 17.8. The number of anilines is 1. The number of benzene rings is 1. The maximum Gasteiger partial charge on any atom is 0.186 e. The Bertz CT molecular complexity index is 1340. The molecule has 0 N–H and O–H groups in total. The molecule has 0 fully saturated rings. The minimum atomic E-state index is -1.52. The highest BCUT2D eigenvalue weighted by molar-refractivity contribution is 9.10. The number of hydrogen-bond donors (Lipinski definition) is 0. The fourth-order valence-corrected chi connectivity index (χ4v) is 5.89. The van der Waals surface area contributed by atoms with E-state index in [9.17, 15) is 9.47 Å². The molecule has 4 aromatic rings. The first-order chi connectivity index (χ1) is 15.4. The number of rotatable bonds is 7. The molecule has 0 spiro atoms. The molecule has 0 saturated heterocycles. The average Bonchev–Trinajstić information content (AvgIpc) is 3.43. The van der Waals surface area contributed by atoms with Crippen LogP contribution in [0.1, 0.15) is 5.56 Å². The molecule has 1 unspecified atom stereocenters. The van der Waals surface area contributed by atoms with E-state index in [-0.39, 0.29) is 0 Å². The number of likely N-dealkylation sites (N-methyl/N-ethyl adjacent to an activating group) is 2. The van der Waals surface area contributed by atoms with Gasteiger partial charge in [-0.15, -0.1) is 11.3 Å². The van der Waals surface area contributed by atoms with Crippen molar-refractivity contribution in [3.8, 4) is 17.3 Å². The third-order valence-electron chi connectivity index (χ3n) is 4.98. The van der Waals surface area contributed by atoms with Gasteiger partial charge in [0.1, 0.15) is 10.8 Å². The van der Waals surface area contributed by atoms with Crippen LogP contribution in [0.2, 0.25) is 0 Å². The third-order valence-corrected chi connectivity index (χ3v) is 7.99. The summed E-state index contributed by atoms with van der Waals surface area (Å²) in [5.41, 5.74) is 3.83. The number of fused-ring (bicyclic) bond motifs is 1. The van der Waals surface area contributed by atoms with Gasteiger partial charge in [-0.25, -0.2) is 13.7 Å². The van der Waals surface area contributed by atoms with E-state index in [0.29, 0.717) is 14.8 Å². The molecule has 0 saturated carbocycles. The van der Waals surface area contributed by atoms with E-state index in [0.717, 1.165) is 40.0 Å². The van der Waals surface area contributed by atoms with Crippen LogP contribution in [0, 0.1) is 11.3 Å². The molecule has 0 radical (unpaired) electrons. The van der Waals surface area contributed by atoms with Crippen molar-refractivity contribution in [1.29, 1.82) is 5.26 Å². The number of thiazole rings is 1. The Morgan fingerprint density at radius 1 is 1.22 bits per heavy atom. The zero-order chi connectivity index (χ0) is 22.8. The van der Waals surface area contributed by atoms with Crippen LogP contribution in [-0.4, -0.2) is 57.9 Å². The summed E-state index contributed by atoms with van der Waals surface area (Å²) in [6.07, 6.45) is 3.64. The van der Waals surface area contributed by atoms with E-state index in [1.807, 2.05) is 50.9 Å². The van der Waals surface area contributed by atoms with Crippen molar-refractivity contribution in [3.05, 3.63) is 58.1 Å². The Balaban J connectivity index is 1.70. The van der Waals surface area contributed by atoms with Gasteiger partial charge >= 0.3 is 0 Å². The first-order valence-electron chi connectivity index (χ1n) is 9.78. The standard InChI is InChI=1S/C22H21BrN6OS2/c1-27(2)8-9-28(3)19-5-4-15(12-24)10-21(19)32(30)22-26-18(14-31-22)17-13-25-29-7-6-16(23)11-20(17)29/h4-7,10-11,13-14H,8-9H2,1-3H3. The highest BCUT2D eigenvalue weighted by Crippen LogP contribution is 2.33. The van der Waals surface area contributed by atoms with E-state index in [2.05, 4.69) is 41.9 Å². The van der Waals surface area contributed by atoms with Gasteiger partial charge in [-0.1, -0.05) is 15.9 Å². The van der Waals surface area contributed by atoms with E-state index in [1.54, 1.807) is 22.8 Å². The first-order valence-corrected chi connectivity index (χ1v) is 12.6. The largest absolute Gasteiger partial charge is 0.372 e. The van der Waals surface area contributed by atoms with Crippen LogP contribution in [-0.2, 0) is 10.8 Å². The Labute approximate surface area is 201 Å². The molecular weight excluding hydrogens is 508 g/mol. The molecule has 10 heteroatoms. The molecule has 32 heavy (non-hydrogen) atoms. The highest BCUT2D eigenvalue weighted by atomic mass is 79.9. The third kappa shape index (κ3) is 4.61. The number of nitrogens with zero attached hydrogens (tertiary/aromatic N) is 6. The fraction of sp³-hybridized carbons (Fsp3) is 0.227. The molecule has 1 aromatic carbocycles. The summed E-state index contributed by atoms with van der Waals surface area (Å²) in [5.74, 6) is 0. The van der Waals surface area contributed by atoms with Crippen LogP contribution in [0.4, 0.5) is 5.69 Å². The smallest absolute Gasteiger partial charge is 0.186 e. The Hall–Kier alpha value is -2.58. The molecule has 0 aliphatic heterocycles. The number of hydrogen-bond acceptors (Lipinski definition) is 7. The lowest BCUT2D eigenvalue weighted by molar-refractivity contribution is 0.416. The minimum absolute atomic E-state index is 0.474. The normalized spacial score (nSPS) is 12.2. The molecule has 7 nitrogen and oxygen atoms in total. The van der Waals surface area contributed by atoms with Crippen LogP contribution in [0.3, 0.4) is 0 Å². The number of nitriles is 1. The second-order valence-corrected chi connectivity index (χ2v) is 10.9. The fourth-order valence-electron chi connectivity index (χ4n) is 3.23. The number of aromatic nitrogens is 3. The predicted octanol–water partition coefficient (Wildman–Crippen LogP) is 4.26. The molecule has 1 atom stereocenters. The van der Waals surface area contributed by atoms with Crippen LogP contribution < -0.4 is 4.90 Å². The van der Waals surface area contributed by atoms with Gasteiger partial charge in [-0.2, -0.15) is 10.4 Å². The second-order valence-electron chi connectivity index (χ2n) is 7.52. The lowest BCUT2D eigenvalue weighted by atomic mass is 10.2. The van der Waals surface area contributed by atoms with Crippen molar-refractivity contribution in [3.63, 3.8) is 0 Å². The van der Waals surface area contributed by atoms with Gasteiger partial charge in [0, 0.05) is 41.8 Å². The summed E-state index contributed by atoms with van der Waals surface area (Å²) in [5, 5.41) is 15.7. The van der Waals surface area contributed by atoms with E-state index >= 15 is 0 Å². The molecular formula is C22H21BrN6OS2.